The van der Waals surface area contributed by atoms with E-state index in [4.69, 9.17) is 0 Å². The van der Waals surface area contributed by atoms with E-state index in [0.29, 0.717) is 5.41 Å². The Morgan fingerprint density at radius 3 is 2.81 bits per heavy atom. The Kier molecular flexibility index (Phi) is 2.02. The number of anilines is 1. The van der Waals surface area contributed by atoms with E-state index >= 15 is 0 Å². The van der Waals surface area contributed by atoms with Crippen LogP contribution < -0.4 is 5.32 Å². The van der Waals surface area contributed by atoms with Crippen LogP contribution in [0.15, 0.2) is 18.3 Å². The lowest BCUT2D eigenvalue weighted by Crippen LogP contribution is -2.51. The van der Waals surface area contributed by atoms with Gasteiger partial charge in [-0.15, -0.1) is 0 Å². The van der Waals surface area contributed by atoms with E-state index < -0.39 is 0 Å². The first-order valence-corrected chi connectivity index (χ1v) is 6.13. The predicted molar refractivity (Wildman–Crippen MR) is 65.5 cm³/mol. The summed E-state index contributed by atoms with van der Waals surface area (Å²) in [4.78, 5) is 4.43. The quantitative estimate of drug-likeness (QED) is 0.669. The van der Waals surface area contributed by atoms with Crippen molar-refractivity contribution in [3.8, 4) is 0 Å². The maximum Gasteiger partial charge on any atom is 0.129 e. The monoisotopic (exact) mass is 218 g/mol. The highest BCUT2D eigenvalue weighted by Crippen LogP contribution is 2.43. The molecule has 0 radical (unpaired) electrons. The van der Waals surface area contributed by atoms with Crippen molar-refractivity contribution in [3.63, 3.8) is 0 Å². The third kappa shape index (κ3) is 1.42. The molecule has 1 aromatic heterocycles. The van der Waals surface area contributed by atoms with Crippen molar-refractivity contribution in [3.05, 3.63) is 23.9 Å². The highest BCUT2D eigenvalue weighted by Gasteiger charge is 2.44. The summed E-state index contributed by atoms with van der Waals surface area (Å²) < 4.78 is 1.16. The lowest BCUT2D eigenvalue weighted by Gasteiger charge is -2.42. The maximum atomic E-state index is 4.43. The van der Waals surface area contributed by atoms with Crippen molar-refractivity contribution in [2.45, 2.75) is 18.3 Å². The van der Waals surface area contributed by atoms with E-state index in [1.54, 1.807) is 0 Å². The van der Waals surface area contributed by atoms with Crippen LogP contribution in [0.5, 0.6) is 0 Å². The molecule has 0 atom stereocenters. The number of hydrogen-bond acceptors (Lipinski definition) is 2. The van der Waals surface area contributed by atoms with Crippen molar-refractivity contribution < 1.29 is 4.48 Å². The van der Waals surface area contributed by atoms with Crippen molar-refractivity contribution in [2.24, 2.45) is 0 Å². The molecule has 3 heteroatoms. The molecular weight excluding hydrogens is 198 g/mol. The summed E-state index contributed by atoms with van der Waals surface area (Å²) in [6.07, 6.45) is 4.45. The third-order valence-electron chi connectivity index (χ3n) is 4.36. The Morgan fingerprint density at radius 2 is 2.06 bits per heavy atom. The minimum absolute atomic E-state index is 0.372. The van der Waals surface area contributed by atoms with Crippen LogP contribution in [0.25, 0.3) is 0 Å². The zero-order valence-electron chi connectivity index (χ0n) is 10.2. The van der Waals surface area contributed by atoms with Crippen LogP contribution in [-0.4, -0.2) is 43.2 Å². The number of pyridine rings is 1. The van der Waals surface area contributed by atoms with Gasteiger partial charge in [0.2, 0.25) is 0 Å². The Labute approximate surface area is 97.1 Å². The number of aromatic nitrogens is 1. The fourth-order valence-corrected chi connectivity index (χ4v) is 3.04. The molecule has 2 aliphatic rings. The molecule has 0 aliphatic carbocycles. The molecule has 1 N–H and O–H groups in total. The summed E-state index contributed by atoms with van der Waals surface area (Å²) in [5, 5.41) is 3.47. The smallest absolute Gasteiger partial charge is 0.129 e. The number of piperidine rings is 1. The van der Waals surface area contributed by atoms with Gasteiger partial charge in [-0.05, 0) is 6.07 Å². The number of fused-ring (bicyclic) bond motifs is 2. The number of nitrogens with zero attached hydrogens (tertiary/aromatic N) is 2. The molecule has 0 amide bonds. The van der Waals surface area contributed by atoms with Gasteiger partial charge >= 0.3 is 0 Å². The van der Waals surface area contributed by atoms with Crippen LogP contribution in [0.2, 0.25) is 0 Å². The molecule has 1 fully saturated rings. The Morgan fingerprint density at radius 1 is 1.31 bits per heavy atom. The summed E-state index contributed by atoms with van der Waals surface area (Å²) in [6, 6.07) is 4.33. The lowest BCUT2D eigenvalue weighted by atomic mass is 9.74. The Hall–Kier alpha value is -1.09. The molecule has 16 heavy (non-hydrogen) atoms. The molecule has 0 unspecified atom stereocenters. The van der Waals surface area contributed by atoms with Crippen LogP contribution >= 0.6 is 0 Å². The van der Waals surface area contributed by atoms with Crippen LogP contribution in [-0.2, 0) is 5.41 Å². The molecule has 3 heterocycles. The first kappa shape index (κ1) is 10.1. The number of hydrogen-bond donors (Lipinski definition) is 1. The van der Waals surface area contributed by atoms with Gasteiger partial charge in [0.25, 0.3) is 0 Å². The summed E-state index contributed by atoms with van der Waals surface area (Å²) in [6.45, 7) is 3.63. The van der Waals surface area contributed by atoms with Crippen LogP contribution in [0.1, 0.15) is 18.4 Å². The summed E-state index contributed by atoms with van der Waals surface area (Å²) >= 11 is 0. The summed E-state index contributed by atoms with van der Waals surface area (Å²) in [5.74, 6) is 1.12. The minimum Gasteiger partial charge on any atom is -0.369 e. The molecule has 0 aromatic carbocycles. The van der Waals surface area contributed by atoms with Gasteiger partial charge in [-0.2, -0.15) is 0 Å². The largest absolute Gasteiger partial charge is 0.369 e. The number of nitrogens with one attached hydrogen (secondary N) is 1. The predicted octanol–water partition coefficient (Wildman–Crippen LogP) is 1.62. The molecule has 1 aromatic rings. The number of quaternary nitrogens is 1. The van der Waals surface area contributed by atoms with Crippen LogP contribution in [0.3, 0.4) is 0 Å². The number of rotatable bonds is 0. The lowest BCUT2D eigenvalue weighted by molar-refractivity contribution is -0.896. The normalized spacial score (nSPS) is 25.1. The zero-order valence-corrected chi connectivity index (χ0v) is 10.2. The van der Waals surface area contributed by atoms with Gasteiger partial charge in [-0.3, -0.25) is 0 Å². The van der Waals surface area contributed by atoms with E-state index in [0.717, 1.165) is 16.8 Å². The van der Waals surface area contributed by atoms with E-state index in [9.17, 15) is 0 Å². The SMILES string of the molecule is C[N+]1(C)CCC2(CC1)CNc1ncccc12. The van der Waals surface area contributed by atoms with E-state index in [1.807, 2.05) is 6.20 Å². The van der Waals surface area contributed by atoms with Crippen molar-refractivity contribution in [1.82, 2.24) is 4.98 Å². The third-order valence-corrected chi connectivity index (χ3v) is 4.36. The fourth-order valence-electron chi connectivity index (χ4n) is 3.04. The van der Waals surface area contributed by atoms with Gasteiger partial charge in [0.05, 0.1) is 27.2 Å². The highest BCUT2D eigenvalue weighted by atomic mass is 15.3. The highest BCUT2D eigenvalue weighted by molar-refractivity contribution is 5.55. The Balaban J connectivity index is 1.92. The molecule has 2 aliphatic heterocycles. The van der Waals surface area contributed by atoms with Gasteiger partial charge in [-0.25, -0.2) is 4.98 Å². The van der Waals surface area contributed by atoms with Crippen LogP contribution in [0, 0.1) is 0 Å². The summed E-state index contributed by atoms with van der Waals surface area (Å²) in [5.41, 5.74) is 1.83. The minimum atomic E-state index is 0.372. The van der Waals surface area contributed by atoms with Gasteiger partial charge in [0.1, 0.15) is 5.82 Å². The molecule has 1 saturated heterocycles. The molecule has 0 saturated carbocycles. The molecule has 3 nitrogen and oxygen atoms in total. The molecule has 0 bridgehead atoms. The first-order valence-electron chi connectivity index (χ1n) is 6.13. The standard InChI is InChI=1S/C13H20N3/c1-16(2)8-5-13(6-9-16)10-15-12-11(13)4-3-7-14-12/h3-4,7H,5-6,8-10H2,1-2H3,(H,14,15)/q+1. The average Bonchev–Trinajstić information content (AvgIpc) is 2.64. The second kappa shape index (κ2) is 3.20. The van der Waals surface area contributed by atoms with E-state index in [1.165, 1.54) is 31.5 Å². The molecule has 86 valence electrons. The summed E-state index contributed by atoms with van der Waals surface area (Å²) in [7, 11) is 4.67. The van der Waals surface area contributed by atoms with E-state index in [-0.39, 0.29) is 0 Å². The Bertz CT molecular complexity index is 401. The molecule has 3 rings (SSSR count). The fraction of sp³-hybridized carbons (Fsp3) is 0.615. The second-order valence-electron chi connectivity index (χ2n) is 5.92. The topological polar surface area (TPSA) is 24.9 Å². The van der Waals surface area contributed by atoms with Gasteiger partial charge < -0.3 is 9.80 Å². The van der Waals surface area contributed by atoms with Crippen molar-refractivity contribution in [1.29, 1.82) is 0 Å². The molecule has 1 spiro atoms. The van der Waals surface area contributed by atoms with Gasteiger partial charge in [0.15, 0.2) is 0 Å². The second-order valence-corrected chi connectivity index (χ2v) is 5.92. The van der Waals surface area contributed by atoms with Gasteiger partial charge in [-0.1, -0.05) is 6.07 Å². The van der Waals surface area contributed by atoms with E-state index in [2.05, 4.69) is 36.5 Å². The first-order chi connectivity index (χ1) is 7.61. The zero-order chi connectivity index (χ0) is 11.2. The van der Waals surface area contributed by atoms with Crippen molar-refractivity contribution >= 4 is 5.82 Å². The van der Waals surface area contributed by atoms with Crippen molar-refractivity contribution in [2.75, 3.05) is 39.0 Å². The van der Waals surface area contributed by atoms with Gasteiger partial charge in [0, 0.05) is 36.6 Å². The van der Waals surface area contributed by atoms with Crippen LogP contribution in [0.4, 0.5) is 5.82 Å². The number of likely N-dealkylation sites (tertiary alicyclic amines) is 1. The average molecular weight is 218 g/mol. The maximum absolute atomic E-state index is 4.43. The molecular formula is C13H20N3+.